The molecule has 5 heteroatoms. The third kappa shape index (κ3) is 6.57. The van der Waals surface area contributed by atoms with Crippen molar-refractivity contribution in [2.45, 2.75) is 20.3 Å². The van der Waals surface area contributed by atoms with Gasteiger partial charge in [-0.1, -0.05) is 26.0 Å². The number of amides is 1. The number of hydrogen-bond donors (Lipinski definition) is 2. The highest BCUT2D eigenvalue weighted by atomic mass is 19.1. The average molecular weight is 289 g/mol. The summed E-state index contributed by atoms with van der Waals surface area (Å²) in [7, 11) is 0. The number of nitrogens with one attached hydrogen (secondary N) is 2. The monoisotopic (exact) mass is 289 g/mol. The highest BCUT2D eigenvalue weighted by molar-refractivity contribution is 5.97. The lowest BCUT2D eigenvalue weighted by Crippen LogP contribution is -2.29. The van der Waals surface area contributed by atoms with Crippen molar-refractivity contribution < 1.29 is 9.18 Å². The summed E-state index contributed by atoms with van der Waals surface area (Å²) in [5.74, 6) is -0.305. The zero-order valence-electron chi connectivity index (χ0n) is 12.3. The topological polar surface area (TPSA) is 64.9 Å². The molecule has 0 heterocycles. The van der Waals surface area contributed by atoms with Crippen molar-refractivity contribution in [3.05, 3.63) is 47.4 Å². The fraction of sp³-hybridized carbons (Fsp3) is 0.375. The smallest absolute Gasteiger partial charge is 0.263 e. The Balaban J connectivity index is 2.41. The molecule has 0 aliphatic carbocycles. The Morgan fingerprint density at radius 2 is 2.05 bits per heavy atom. The molecule has 0 aliphatic rings. The van der Waals surface area contributed by atoms with Crippen molar-refractivity contribution >= 4 is 5.91 Å². The number of rotatable bonds is 7. The minimum atomic E-state index is -0.375. The van der Waals surface area contributed by atoms with Gasteiger partial charge in [0.1, 0.15) is 17.5 Å². The first-order chi connectivity index (χ1) is 10.0. The highest BCUT2D eigenvalue weighted by Gasteiger charge is 2.08. The van der Waals surface area contributed by atoms with Gasteiger partial charge in [-0.15, -0.1) is 0 Å². The van der Waals surface area contributed by atoms with Gasteiger partial charge in [0.2, 0.25) is 0 Å². The van der Waals surface area contributed by atoms with E-state index in [4.69, 9.17) is 5.26 Å². The maximum Gasteiger partial charge on any atom is 0.263 e. The molecular formula is C16H20FN3O. The van der Waals surface area contributed by atoms with E-state index in [1.165, 1.54) is 18.3 Å². The van der Waals surface area contributed by atoms with Gasteiger partial charge in [0.25, 0.3) is 5.91 Å². The fourth-order valence-electron chi connectivity index (χ4n) is 1.58. The summed E-state index contributed by atoms with van der Waals surface area (Å²) in [6, 6.07) is 8.10. The summed E-state index contributed by atoms with van der Waals surface area (Å²) in [5.41, 5.74) is 1.04. The Kier molecular flexibility index (Phi) is 6.96. The van der Waals surface area contributed by atoms with Gasteiger partial charge in [0.15, 0.2) is 0 Å². The molecule has 21 heavy (non-hydrogen) atoms. The van der Waals surface area contributed by atoms with E-state index >= 15 is 0 Å². The van der Waals surface area contributed by atoms with Crippen molar-refractivity contribution in [1.82, 2.24) is 10.6 Å². The molecule has 1 amide bonds. The van der Waals surface area contributed by atoms with Crippen molar-refractivity contribution in [3.63, 3.8) is 0 Å². The number of halogens is 1. The van der Waals surface area contributed by atoms with Crippen LogP contribution < -0.4 is 10.6 Å². The first kappa shape index (κ1) is 16.7. The van der Waals surface area contributed by atoms with Gasteiger partial charge in [0, 0.05) is 19.3 Å². The third-order valence-electron chi connectivity index (χ3n) is 2.75. The van der Waals surface area contributed by atoms with E-state index in [0.29, 0.717) is 25.4 Å². The van der Waals surface area contributed by atoms with E-state index in [-0.39, 0.29) is 17.3 Å². The van der Waals surface area contributed by atoms with Gasteiger partial charge in [-0.25, -0.2) is 4.39 Å². The SMILES string of the molecule is CC(C)CNC(=O)/C(C#N)=C\NCCc1ccc(F)cc1. The van der Waals surface area contributed by atoms with Gasteiger partial charge < -0.3 is 10.6 Å². The summed E-state index contributed by atoms with van der Waals surface area (Å²) >= 11 is 0. The van der Waals surface area contributed by atoms with Gasteiger partial charge in [0.05, 0.1) is 0 Å². The summed E-state index contributed by atoms with van der Waals surface area (Å²) in [4.78, 5) is 11.7. The van der Waals surface area contributed by atoms with Crippen molar-refractivity contribution in [3.8, 4) is 6.07 Å². The van der Waals surface area contributed by atoms with E-state index in [1.807, 2.05) is 19.9 Å². The van der Waals surface area contributed by atoms with Crippen LogP contribution in [0.1, 0.15) is 19.4 Å². The number of benzene rings is 1. The standard InChI is InChI=1S/C16H20FN3O/c1-12(2)10-20-16(21)14(9-18)11-19-8-7-13-3-5-15(17)6-4-13/h3-6,11-12,19H,7-8,10H2,1-2H3,(H,20,21)/b14-11-. The van der Waals surface area contributed by atoms with Gasteiger partial charge in [-0.05, 0) is 30.0 Å². The van der Waals surface area contributed by atoms with Crippen molar-refractivity contribution in [2.75, 3.05) is 13.1 Å². The highest BCUT2D eigenvalue weighted by Crippen LogP contribution is 2.02. The predicted octanol–water partition coefficient (Wildman–Crippen LogP) is 2.14. The Morgan fingerprint density at radius 1 is 1.38 bits per heavy atom. The fourth-order valence-corrected chi connectivity index (χ4v) is 1.58. The van der Waals surface area contributed by atoms with E-state index < -0.39 is 0 Å². The Hall–Kier alpha value is -2.35. The second-order valence-electron chi connectivity index (χ2n) is 5.10. The van der Waals surface area contributed by atoms with Crippen LogP contribution in [0.5, 0.6) is 0 Å². The third-order valence-corrected chi connectivity index (χ3v) is 2.75. The molecule has 0 radical (unpaired) electrons. The Morgan fingerprint density at radius 3 is 2.62 bits per heavy atom. The van der Waals surface area contributed by atoms with Crippen LogP contribution >= 0.6 is 0 Å². The maximum absolute atomic E-state index is 12.7. The van der Waals surface area contributed by atoms with Crippen molar-refractivity contribution in [1.29, 1.82) is 5.26 Å². The lowest BCUT2D eigenvalue weighted by molar-refractivity contribution is -0.117. The Labute approximate surface area is 124 Å². The van der Waals surface area contributed by atoms with E-state index in [1.54, 1.807) is 12.1 Å². The van der Waals surface area contributed by atoms with Crippen molar-refractivity contribution in [2.24, 2.45) is 5.92 Å². The van der Waals surface area contributed by atoms with Crippen LogP contribution in [0.15, 0.2) is 36.0 Å². The molecule has 0 bridgehead atoms. The summed E-state index contributed by atoms with van der Waals surface area (Å²) in [5, 5.41) is 14.6. The number of carbonyl (C=O) groups is 1. The maximum atomic E-state index is 12.7. The van der Waals surface area contributed by atoms with Gasteiger partial charge in [-0.2, -0.15) is 5.26 Å². The number of hydrogen-bond acceptors (Lipinski definition) is 3. The first-order valence-corrected chi connectivity index (χ1v) is 6.89. The predicted molar refractivity (Wildman–Crippen MR) is 79.7 cm³/mol. The lowest BCUT2D eigenvalue weighted by atomic mass is 10.1. The van der Waals surface area contributed by atoms with Crippen LogP contribution in [0.4, 0.5) is 4.39 Å². The normalized spacial score (nSPS) is 11.1. The summed E-state index contributed by atoms with van der Waals surface area (Å²) < 4.78 is 12.7. The first-order valence-electron chi connectivity index (χ1n) is 6.89. The molecule has 0 unspecified atom stereocenters. The molecule has 112 valence electrons. The Bertz CT molecular complexity index is 529. The van der Waals surface area contributed by atoms with Crippen LogP contribution in [-0.4, -0.2) is 19.0 Å². The van der Waals surface area contributed by atoms with E-state index in [0.717, 1.165) is 5.56 Å². The number of carbonyl (C=O) groups excluding carboxylic acids is 1. The van der Waals surface area contributed by atoms with Crippen LogP contribution in [0.2, 0.25) is 0 Å². The molecule has 0 spiro atoms. The zero-order valence-corrected chi connectivity index (χ0v) is 12.3. The largest absolute Gasteiger partial charge is 0.389 e. The van der Waals surface area contributed by atoms with E-state index in [9.17, 15) is 9.18 Å². The quantitative estimate of drug-likeness (QED) is 0.459. The molecular weight excluding hydrogens is 269 g/mol. The summed E-state index contributed by atoms with van der Waals surface area (Å²) in [6.45, 7) is 5.07. The summed E-state index contributed by atoms with van der Waals surface area (Å²) in [6.07, 6.45) is 2.10. The second-order valence-corrected chi connectivity index (χ2v) is 5.10. The minimum absolute atomic E-state index is 0.0507. The van der Waals surface area contributed by atoms with Crippen LogP contribution in [0.3, 0.4) is 0 Å². The number of nitriles is 1. The minimum Gasteiger partial charge on any atom is -0.389 e. The molecule has 2 N–H and O–H groups in total. The van der Waals surface area contributed by atoms with E-state index in [2.05, 4.69) is 10.6 Å². The molecule has 0 aromatic heterocycles. The number of nitrogens with zero attached hydrogens (tertiary/aromatic N) is 1. The lowest BCUT2D eigenvalue weighted by Gasteiger charge is -2.07. The molecule has 0 aliphatic heterocycles. The molecule has 4 nitrogen and oxygen atoms in total. The molecule has 1 aromatic carbocycles. The molecule has 1 rings (SSSR count). The van der Waals surface area contributed by atoms with Crippen LogP contribution in [0.25, 0.3) is 0 Å². The van der Waals surface area contributed by atoms with Gasteiger partial charge in [-0.3, -0.25) is 4.79 Å². The van der Waals surface area contributed by atoms with Crippen LogP contribution in [0, 0.1) is 23.1 Å². The zero-order chi connectivity index (χ0) is 15.7. The molecule has 1 aromatic rings. The van der Waals surface area contributed by atoms with Gasteiger partial charge >= 0.3 is 0 Å². The second kappa shape index (κ2) is 8.75. The molecule has 0 atom stereocenters. The molecule has 0 saturated carbocycles. The molecule has 0 saturated heterocycles. The van der Waals surface area contributed by atoms with Crippen LogP contribution in [-0.2, 0) is 11.2 Å². The molecule has 0 fully saturated rings. The average Bonchev–Trinajstić information content (AvgIpc) is 2.46.